The Balaban J connectivity index is 1.67. The maximum absolute atomic E-state index is 12.5. The lowest BCUT2D eigenvalue weighted by molar-refractivity contribution is -0.154. The normalized spacial score (nSPS) is 12.7. The van der Waals surface area contributed by atoms with Gasteiger partial charge >= 0.3 is 29.8 Å². The molecule has 0 radical (unpaired) electrons. The van der Waals surface area contributed by atoms with Crippen molar-refractivity contribution < 1.29 is 73.2 Å². The average molecular weight is 757 g/mol. The fourth-order valence-electron chi connectivity index (χ4n) is 4.02. The standard InChI is InChI=1S/C34H44O15S2/c1-33(2,3)48-28(40)11-13-51-50-12-10-27(39)45-18-24(36)19-47-31(43)21-8-6-20(7-9-21)30(42)46-17-23(35)16-34(4,5)49-32(44)22-14-25(37)29(41)26(38)15-22/h6-9,14-15,23-24,35-38,41H,10-13,16-19H2,1-5H3. The molecule has 0 amide bonds. The van der Waals surface area contributed by atoms with Crippen molar-refractivity contribution in [2.75, 3.05) is 31.3 Å². The number of rotatable bonds is 19. The second kappa shape index (κ2) is 20.0. The summed E-state index contributed by atoms with van der Waals surface area (Å²) in [6, 6.07) is 7.00. The number of phenols is 3. The van der Waals surface area contributed by atoms with E-state index in [1.54, 1.807) is 20.8 Å². The second-order valence-electron chi connectivity index (χ2n) is 12.7. The summed E-state index contributed by atoms with van der Waals surface area (Å²) in [7, 11) is 2.83. The van der Waals surface area contributed by atoms with E-state index >= 15 is 0 Å². The molecule has 0 saturated carbocycles. The largest absolute Gasteiger partial charge is 0.504 e. The molecule has 0 aliphatic heterocycles. The molecule has 0 aliphatic rings. The van der Waals surface area contributed by atoms with Gasteiger partial charge in [-0.15, -0.1) is 0 Å². The molecular weight excluding hydrogens is 712 g/mol. The second-order valence-corrected chi connectivity index (χ2v) is 15.4. The highest BCUT2D eigenvalue weighted by atomic mass is 33.1. The third kappa shape index (κ3) is 16.6. The number of aliphatic hydroxyl groups is 2. The van der Waals surface area contributed by atoms with Crippen LogP contribution in [0.4, 0.5) is 0 Å². The number of ether oxygens (including phenoxy) is 5. The number of hydrogen-bond donors (Lipinski definition) is 5. The first-order valence-corrected chi connectivity index (χ1v) is 18.2. The zero-order valence-corrected chi connectivity index (χ0v) is 30.5. The Kier molecular flexibility index (Phi) is 16.9. The van der Waals surface area contributed by atoms with Crippen molar-refractivity contribution in [1.82, 2.24) is 0 Å². The van der Waals surface area contributed by atoms with Gasteiger partial charge in [-0.1, -0.05) is 21.6 Å². The average Bonchev–Trinajstić information content (AvgIpc) is 3.04. The van der Waals surface area contributed by atoms with Gasteiger partial charge in [0.25, 0.3) is 0 Å². The van der Waals surface area contributed by atoms with Crippen LogP contribution in [0, 0.1) is 0 Å². The van der Waals surface area contributed by atoms with Gasteiger partial charge in [-0.3, -0.25) is 9.59 Å². The zero-order valence-electron chi connectivity index (χ0n) is 28.9. The molecule has 0 saturated heterocycles. The molecule has 0 heterocycles. The maximum atomic E-state index is 12.5. The minimum absolute atomic E-state index is 0.0583. The fraction of sp³-hybridized carbons (Fsp3) is 0.500. The van der Waals surface area contributed by atoms with Gasteiger partial charge in [0.15, 0.2) is 17.2 Å². The topological polar surface area (TPSA) is 233 Å². The lowest BCUT2D eigenvalue weighted by atomic mass is 10.0. The zero-order chi connectivity index (χ0) is 38.4. The summed E-state index contributed by atoms with van der Waals surface area (Å²) in [6.07, 6.45) is -2.34. The number of benzene rings is 2. The number of hydrogen-bond acceptors (Lipinski definition) is 17. The molecule has 0 aromatic heterocycles. The van der Waals surface area contributed by atoms with Crippen LogP contribution in [0.25, 0.3) is 0 Å². The van der Waals surface area contributed by atoms with Crippen LogP contribution < -0.4 is 0 Å². The van der Waals surface area contributed by atoms with Gasteiger partial charge in [0.1, 0.15) is 37.1 Å². The molecule has 2 rings (SSSR count). The van der Waals surface area contributed by atoms with Crippen molar-refractivity contribution in [3.8, 4) is 17.2 Å². The summed E-state index contributed by atoms with van der Waals surface area (Å²) in [5.41, 5.74) is -1.93. The number of aromatic hydroxyl groups is 3. The third-order valence-corrected chi connectivity index (χ3v) is 8.70. The van der Waals surface area contributed by atoms with E-state index in [0.717, 1.165) is 12.1 Å². The molecule has 282 valence electrons. The van der Waals surface area contributed by atoms with Crippen LogP contribution >= 0.6 is 21.6 Å². The van der Waals surface area contributed by atoms with Crippen LogP contribution in [0.5, 0.6) is 17.2 Å². The molecule has 0 bridgehead atoms. The predicted molar refractivity (Wildman–Crippen MR) is 186 cm³/mol. The van der Waals surface area contributed by atoms with Crippen LogP contribution in [0.15, 0.2) is 36.4 Å². The lowest BCUT2D eigenvalue weighted by Gasteiger charge is -2.27. The molecule has 0 aliphatic carbocycles. The number of phenolic OH excluding ortho intramolecular Hbond substituents is 3. The van der Waals surface area contributed by atoms with E-state index in [1.807, 2.05) is 0 Å². The molecule has 2 aromatic rings. The monoisotopic (exact) mass is 756 g/mol. The molecular formula is C34H44O15S2. The number of aliphatic hydroxyl groups excluding tert-OH is 2. The van der Waals surface area contributed by atoms with E-state index in [4.69, 9.17) is 23.7 Å². The highest BCUT2D eigenvalue weighted by Gasteiger charge is 2.29. The van der Waals surface area contributed by atoms with E-state index in [-0.39, 0.29) is 48.5 Å². The van der Waals surface area contributed by atoms with E-state index in [9.17, 15) is 49.5 Å². The van der Waals surface area contributed by atoms with Crippen molar-refractivity contribution in [2.24, 2.45) is 0 Å². The summed E-state index contributed by atoms with van der Waals surface area (Å²) in [5.74, 6) is -4.67. The Labute approximate surface area is 303 Å². The van der Waals surface area contributed by atoms with Crippen molar-refractivity contribution >= 4 is 51.4 Å². The van der Waals surface area contributed by atoms with Crippen molar-refractivity contribution in [3.63, 3.8) is 0 Å². The Morgan fingerprint density at radius 2 is 1.08 bits per heavy atom. The van der Waals surface area contributed by atoms with Gasteiger partial charge in [-0.05, 0) is 71.0 Å². The highest BCUT2D eigenvalue weighted by Crippen LogP contribution is 2.36. The summed E-state index contributed by atoms with van der Waals surface area (Å²) >= 11 is 0. The van der Waals surface area contributed by atoms with Crippen LogP contribution in [0.2, 0.25) is 0 Å². The molecule has 2 aromatic carbocycles. The molecule has 17 heteroatoms. The first kappa shape index (κ1) is 43.0. The highest BCUT2D eigenvalue weighted by molar-refractivity contribution is 8.76. The summed E-state index contributed by atoms with van der Waals surface area (Å²) in [6.45, 7) is 7.06. The Morgan fingerprint density at radius 1 is 0.627 bits per heavy atom. The van der Waals surface area contributed by atoms with Gasteiger partial charge < -0.3 is 49.2 Å². The van der Waals surface area contributed by atoms with Gasteiger partial charge in [-0.25, -0.2) is 14.4 Å². The molecule has 51 heavy (non-hydrogen) atoms. The molecule has 5 N–H and O–H groups in total. The van der Waals surface area contributed by atoms with Crippen LogP contribution in [-0.2, 0) is 33.3 Å². The maximum Gasteiger partial charge on any atom is 0.338 e. The Hall–Kier alpha value is -4.19. The van der Waals surface area contributed by atoms with E-state index in [2.05, 4.69) is 0 Å². The Bertz CT molecular complexity index is 1480. The van der Waals surface area contributed by atoms with Crippen molar-refractivity contribution in [1.29, 1.82) is 0 Å². The summed E-state index contributed by atoms with van der Waals surface area (Å²) in [4.78, 5) is 60.9. The SMILES string of the molecule is CC(C)(C)OC(=O)CCSSCCC(=O)OCC(O)COC(=O)c1ccc(C(=O)OCC(O)CC(C)(C)OC(=O)c2cc(O)c(O)c(O)c2)cc1. The predicted octanol–water partition coefficient (Wildman–Crippen LogP) is 3.91. The minimum atomic E-state index is -1.27. The smallest absolute Gasteiger partial charge is 0.338 e. The fourth-order valence-corrected chi connectivity index (χ4v) is 5.97. The van der Waals surface area contributed by atoms with Gasteiger partial charge in [0.2, 0.25) is 0 Å². The molecule has 0 spiro atoms. The molecule has 2 atom stereocenters. The number of carbonyl (C=O) groups excluding carboxylic acids is 5. The van der Waals surface area contributed by atoms with E-state index < -0.39 is 77.7 Å². The van der Waals surface area contributed by atoms with E-state index in [0.29, 0.717) is 11.5 Å². The molecule has 0 fully saturated rings. The molecule has 15 nitrogen and oxygen atoms in total. The van der Waals surface area contributed by atoms with Crippen LogP contribution in [0.3, 0.4) is 0 Å². The lowest BCUT2D eigenvalue weighted by Crippen LogP contribution is -2.34. The molecule has 2 unspecified atom stereocenters. The Morgan fingerprint density at radius 3 is 1.57 bits per heavy atom. The van der Waals surface area contributed by atoms with Crippen molar-refractivity contribution in [2.45, 2.75) is 77.3 Å². The summed E-state index contributed by atoms with van der Waals surface area (Å²) in [5, 5.41) is 49.1. The van der Waals surface area contributed by atoms with E-state index in [1.165, 1.54) is 59.7 Å². The van der Waals surface area contributed by atoms with Crippen molar-refractivity contribution in [3.05, 3.63) is 53.1 Å². The van der Waals surface area contributed by atoms with Gasteiger partial charge in [0, 0.05) is 17.9 Å². The quantitative estimate of drug-likeness (QED) is 0.0449. The third-order valence-electron chi connectivity index (χ3n) is 6.29. The number of esters is 5. The first-order valence-electron chi connectivity index (χ1n) is 15.7. The first-order chi connectivity index (χ1) is 23.8. The number of carbonyl (C=O) groups is 5. The van der Waals surface area contributed by atoms with Gasteiger partial charge in [-0.2, -0.15) is 0 Å². The van der Waals surface area contributed by atoms with Crippen LogP contribution in [0.1, 0.15) is 85.0 Å². The van der Waals surface area contributed by atoms with Crippen LogP contribution in [-0.4, -0.2) is 110 Å². The summed E-state index contributed by atoms with van der Waals surface area (Å²) < 4.78 is 25.7. The minimum Gasteiger partial charge on any atom is -0.504 e. The van der Waals surface area contributed by atoms with Gasteiger partial charge in [0.05, 0.1) is 35.6 Å².